The van der Waals surface area contributed by atoms with Crippen molar-refractivity contribution >= 4 is 39.0 Å². The van der Waals surface area contributed by atoms with Gasteiger partial charge < -0.3 is 9.64 Å². The number of aromatic nitrogens is 2. The molecule has 0 amide bonds. The third-order valence-corrected chi connectivity index (χ3v) is 4.48. The number of morpholine rings is 1. The molecule has 1 aliphatic heterocycles. The van der Waals surface area contributed by atoms with E-state index in [1.807, 2.05) is 0 Å². The number of aryl methyl sites for hydroxylation is 1. The topological polar surface area (TPSA) is 38.2 Å². The highest BCUT2D eigenvalue weighted by molar-refractivity contribution is 7.18. The van der Waals surface area contributed by atoms with E-state index in [0.717, 1.165) is 42.2 Å². The Morgan fingerprint density at radius 1 is 1.53 bits per heavy atom. The maximum absolute atomic E-state index is 6.05. The van der Waals surface area contributed by atoms with Crippen LogP contribution in [-0.4, -0.2) is 35.8 Å². The second-order valence-corrected chi connectivity index (χ2v) is 6.31. The van der Waals surface area contributed by atoms with Crippen LogP contribution < -0.4 is 4.90 Å². The number of halogens is 1. The SMILES string of the molecule is CCC1CN(c2nc(Cl)nc3sc(C)cc23)CCO1. The van der Waals surface area contributed by atoms with Crippen LogP contribution in [0.25, 0.3) is 10.2 Å². The Morgan fingerprint density at radius 3 is 3.16 bits per heavy atom. The molecule has 19 heavy (non-hydrogen) atoms. The standard InChI is InChI=1S/C13H16ClN3OS/c1-3-9-7-17(4-5-18-9)11-10-6-8(2)19-12(10)16-13(14)15-11/h6,9H,3-5,7H2,1-2H3. The number of nitrogens with zero attached hydrogens (tertiary/aromatic N) is 3. The first-order chi connectivity index (χ1) is 9.17. The summed E-state index contributed by atoms with van der Waals surface area (Å²) in [5, 5.41) is 1.42. The average molecular weight is 298 g/mol. The lowest BCUT2D eigenvalue weighted by molar-refractivity contribution is 0.0382. The second kappa shape index (κ2) is 5.23. The zero-order chi connectivity index (χ0) is 13.4. The maximum Gasteiger partial charge on any atom is 0.225 e. The van der Waals surface area contributed by atoms with Gasteiger partial charge in [0.2, 0.25) is 5.28 Å². The Labute approximate surface area is 121 Å². The van der Waals surface area contributed by atoms with Crippen molar-refractivity contribution in [2.75, 3.05) is 24.6 Å². The lowest BCUT2D eigenvalue weighted by Crippen LogP contribution is -2.42. The van der Waals surface area contributed by atoms with E-state index < -0.39 is 0 Å². The molecule has 1 unspecified atom stereocenters. The number of anilines is 1. The van der Waals surface area contributed by atoms with Gasteiger partial charge in [-0.15, -0.1) is 11.3 Å². The normalized spacial score (nSPS) is 20.2. The predicted molar refractivity (Wildman–Crippen MR) is 79.4 cm³/mol. The van der Waals surface area contributed by atoms with E-state index in [-0.39, 0.29) is 6.10 Å². The van der Waals surface area contributed by atoms with Crippen molar-refractivity contribution < 1.29 is 4.74 Å². The first-order valence-corrected chi connectivity index (χ1v) is 7.67. The van der Waals surface area contributed by atoms with E-state index in [2.05, 4.69) is 34.8 Å². The molecule has 3 rings (SSSR count). The fourth-order valence-electron chi connectivity index (χ4n) is 2.40. The third-order valence-electron chi connectivity index (χ3n) is 3.36. The van der Waals surface area contributed by atoms with Gasteiger partial charge in [0.15, 0.2) is 0 Å². The highest BCUT2D eigenvalue weighted by Crippen LogP contribution is 2.32. The van der Waals surface area contributed by atoms with Gasteiger partial charge in [-0.2, -0.15) is 4.98 Å². The fourth-order valence-corrected chi connectivity index (χ4v) is 3.49. The van der Waals surface area contributed by atoms with Gasteiger partial charge in [0.05, 0.1) is 18.1 Å². The molecular weight excluding hydrogens is 282 g/mol. The Hall–Kier alpha value is -0.910. The number of thiophene rings is 1. The van der Waals surface area contributed by atoms with E-state index >= 15 is 0 Å². The molecule has 1 atom stereocenters. The third kappa shape index (κ3) is 2.55. The molecule has 0 aromatic carbocycles. The quantitative estimate of drug-likeness (QED) is 0.798. The summed E-state index contributed by atoms with van der Waals surface area (Å²) in [6, 6.07) is 2.14. The molecule has 4 nitrogen and oxygen atoms in total. The minimum absolute atomic E-state index is 0.275. The molecule has 1 aliphatic rings. The summed E-state index contributed by atoms with van der Waals surface area (Å²) < 4.78 is 5.71. The molecule has 1 fully saturated rings. The Bertz CT molecular complexity index is 601. The molecule has 0 bridgehead atoms. The molecule has 2 aromatic heterocycles. The average Bonchev–Trinajstić information content (AvgIpc) is 2.78. The minimum Gasteiger partial charge on any atom is -0.375 e. The fraction of sp³-hybridized carbons (Fsp3) is 0.538. The van der Waals surface area contributed by atoms with E-state index in [1.165, 1.54) is 4.88 Å². The molecule has 0 aliphatic carbocycles. The molecule has 3 heterocycles. The summed E-state index contributed by atoms with van der Waals surface area (Å²) in [5.41, 5.74) is 0. The molecule has 6 heteroatoms. The Morgan fingerprint density at radius 2 is 2.37 bits per heavy atom. The summed E-state index contributed by atoms with van der Waals surface area (Å²) in [5.74, 6) is 0.945. The van der Waals surface area contributed by atoms with Crippen molar-refractivity contribution in [1.29, 1.82) is 0 Å². The predicted octanol–water partition coefficient (Wildman–Crippen LogP) is 3.27. The lowest BCUT2D eigenvalue weighted by atomic mass is 10.2. The summed E-state index contributed by atoms with van der Waals surface area (Å²) in [4.78, 5) is 13.2. The van der Waals surface area contributed by atoms with Crippen LogP contribution in [0.1, 0.15) is 18.2 Å². The highest BCUT2D eigenvalue weighted by atomic mass is 35.5. The summed E-state index contributed by atoms with van der Waals surface area (Å²) in [6.45, 7) is 6.69. The molecule has 0 radical (unpaired) electrons. The first-order valence-electron chi connectivity index (χ1n) is 6.47. The minimum atomic E-state index is 0.275. The van der Waals surface area contributed by atoms with Gasteiger partial charge in [0, 0.05) is 18.0 Å². The molecule has 0 N–H and O–H groups in total. The first kappa shape index (κ1) is 13.1. The number of fused-ring (bicyclic) bond motifs is 1. The molecule has 1 saturated heterocycles. The van der Waals surface area contributed by atoms with Gasteiger partial charge in [-0.25, -0.2) is 4.98 Å². The van der Waals surface area contributed by atoms with Crippen molar-refractivity contribution in [1.82, 2.24) is 9.97 Å². The van der Waals surface area contributed by atoms with Crippen LogP contribution in [0.3, 0.4) is 0 Å². The van der Waals surface area contributed by atoms with E-state index in [1.54, 1.807) is 11.3 Å². The van der Waals surface area contributed by atoms with Crippen molar-refractivity contribution in [3.8, 4) is 0 Å². The van der Waals surface area contributed by atoms with Crippen LogP contribution in [0.2, 0.25) is 5.28 Å². The van der Waals surface area contributed by atoms with Crippen LogP contribution in [0, 0.1) is 6.92 Å². The van der Waals surface area contributed by atoms with Crippen LogP contribution in [0.5, 0.6) is 0 Å². The van der Waals surface area contributed by atoms with Crippen molar-refractivity contribution in [3.05, 3.63) is 16.2 Å². The van der Waals surface area contributed by atoms with E-state index in [4.69, 9.17) is 16.3 Å². The zero-order valence-corrected chi connectivity index (χ0v) is 12.6. The number of rotatable bonds is 2. The van der Waals surface area contributed by atoms with Crippen molar-refractivity contribution in [3.63, 3.8) is 0 Å². The van der Waals surface area contributed by atoms with Crippen molar-refractivity contribution in [2.24, 2.45) is 0 Å². The zero-order valence-electron chi connectivity index (χ0n) is 11.0. The van der Waals surface area contributed by atoms with Gasteiger partial charge in [-0.3, -0.25) is 0 Å². The van der Waals surface area contributed by atoms with Gasteiger partial charge in [0.1, 0.15) is 10.6 Å². The molecule has 0 saturated carbocycles. The number of ether oxygens (including phenoxy) is 1. The molecule has 2 aromatic rings. The molecule has 102 valence electrons. The number of hydrogen-bond acceptors (Lipinski definition) is 5. The van der Waals surface area contributed by atoms with Crippen LogP contribution in [0.4, 0.5) is 5.82 Å². The van der Waals surface area contributed by atoms with Gasteiger partial charge in [0.25, 0.3) is 0 Å². The second-order valence-electron chi connectivity index (χ2n) is 4.74. The summed E-state index contributed by atoms with van der Waals surface area (Å²) in [7, 11) is 0. The smallest absolute Gasteiger partial charge is 0.225 e. The number of hydrogen-bond donors (Lipinski definition) is 0. The van der Waals surface area contributed by atoms with Crippen LogP contribution >= 0.6 is 22.9 Å². The Kier molecular flexibility index (Phi) is 3.60. The van der Waals surface area contributed by atoms with Crippen LogP contribution in [-0.2, 0) is 4.74 Å². The molecular formula is C13H16ClN3OS. The maximum atomic E-state index is 6.05. The molecule has 0 spiro atoms. The van der Waals surface area contributed by atoms with Crippen LogP contribution in [0.15, 0.2) is 6.07 Å². The van der Waals surface area contributed by atoms with Gasteiger partial charge >= 0.3 is 0 Å². The monoisotopic (exact) mass is 297 g/mol. The highest BCUT2D eigenvalue weighted by Gasteiger charge is 2.23. The van der Waals surface area contributed by atoms with Crippen molar-refractivity contribution in [2.45, 2.75) is 26.4 Å². The van der Waals surface area contributed by atoms with Gasteiger partial charge in [-0.1, -0.05) is 6.92 Å². The van der Waals surface area contributed by atoms with E-state index in [9.17, 15) is 0 Å². The van der Waals surface area contributed by atoms with Gasteiger partial charge in [-0.05, 0) is 31.0 Å². The lowest BCUT2D eigenvalue weighted by Gasteiger charge is -2.33. The summed E-state index contributed by atoms with van der Waals surface area (Å²) >= 11 is 7.71. The largest absolute Gasteiger partial charge is 0.375 e. The van der Waals surface area contributed by atoms with E-state index in [0.29, 0.717) is 5.28 Å². The Balaban J connectivity index is 2.03. The summed E-state index contributed by atoms with van der Waals surface area (Å²) in [6.07, 6.45) is 1.29.